The van der Waals surface area contributed by atoms with Gasteiger partial charge in [-0.3, -0.25) is 4.79 Å². The van der Waals surface area contributed by atoms with E-state index in [4.69, 9.17) is 4.74 Å². The monoisotopic (exact) mass is 464 g/mol. The third-order valence-electron chi connectivity index (χ3n) is 6.89. The smallest absolute Gasteiger partial charge is 0.407 e. The van der Waals surface area contributed by atoms with Crippen molar-refractivity contribution in [3.05, 3.63) is 72.3 Å². The topological polar surface area (TPSA) is 105 Å². The van der Waals surface area contributed by atoms with Gasteiger partial charge in [0.15, 0.2) is 0 Å². The van der Waals surface area contributed by atoms with Crippen LogP contribution in [-0.4, -0.2) is 41.3 Å². The number of alkyl carbamates (subject to hydrolysis) is 1. The molecule has 2 amide bonds. The van der Waals surface area contributed by atoms with Crippen LogP contribution in [0.15, 0.2) is 61.2 Å². The number of carboxylic acids is 1. The zero-order valence-corrected chi connectivity index (χ0v) is 20.1. The summed E-state index contributed by atoms with van der Waals surface area (Å²) in [6.45, 7) is 10.4. The van der Waals surface area contributed by atoms with Crippen LogP contribution in [0.3, 0.4) is 0 Å². The molecule has 34 heavy (non-hydrogen) atoms. The number of carboxylic acid groups (broad SMARTS) is 1. The van der Waals surface area contributed by atoms with E-state index in [0.717, 1.165) is 22.3 Å². The van der Waals surface area contributed by atoms with Gasteiger partial charge in [-0.15, -0.1) is 6.58 Å². The molecule has 180 valence electrons. The van der Waals surface area contributed by atoms with E-state index in [-0.39, 0.29) is 18.9 Å². The molecule has 0 saturated heterocycles. The minimum absolute atomic E-state index is 0.0761. The summed E-state index contributed by atoms with van der Waals surface area (Å²) in [5.41, 5.74) is 2.33. The molecular weight excluding hydrogens is 432 g/mol. The lowest BCUT2D eigenvalue weighted by Crippen LogP contribution is -2.61. The van der Waals surface area contributed by atoms with Crippen LogP contribution in [0.25, 0.3) is 11.1 Å². The maximum absolute atomic E-state index is 12.9. The number of hydrogen-bond donors (Lipinski definition) is 3. The molecule has 1 aliphatic rings. The number of ether oxygens (including phenoxy) is 1. The van der Waals surface area contributed by atoms with Crippen LogP contribution in [-0.2, 0) is 14.3 Å². The summed E-state index contributed by atoms with van der Waals surface area (Å²) in [6, 6.07) is 15.1. The first-order valence-corrected chi connectivity index (χ1v) is 11.3. The highest BCUT2D eigenvalue weighted by atomic mass is 16.5. The number of nitrogens with one attached hydrogen (secondary N) is 2. The quantitative estimate of drug-likeness (QED) is 0.475. The van der Waals surface area contributed by atoms with Crippen LogP contribution in [0.4, 0.5) is 4.79 Å². The standard InChI is InChI=1S/C27H32N2O5/c1-6-11-22(23(30)31)28-24(32)26(2,3)27(4,5)29-25(33)34-16-21-19-14-9-7-12-17(19)18-13-8-10-15-20(18)21/h6-10,12-15,21-22H,1,11,16H2,2-5H3,(H,28,32)(H,29,33)(H,30,31). The molecule has 0 fully saturated rings. The number of rotatable bonds is 9. The highest BCUT2D eigenvalue weighted by Gasteiger charge is 2.45. The van der Waals surface area contributed by atoms with E-state index in [1.165, 1.54) is 6.08 Å². The van der Waals surface area contributed by atoms with Gasteiger partial charge in [-0.2, -0.15) is 0 Å². The van der Waals surface area contributed by atoms with Crippen molar-refractivity contribution in [3.8, 4) is 11.1 Å². The Labute approximate surface area is 200 Å². The molecule has 1 atom stereocenters. The van der Waals surface area contributed by atoms with Gasteiger partial charge in [0, 0.05) is 5.92 Å². The molecule has 7 heteroatoms. The Morgan fingerprint density at radius 3 is 2.06 bits per heavy atom. The van der Waals surface area contributed by atoms with Gasteiger partial charge in [-0.05, 0) is 56.4 Å². The van der Waals surface area contributed by atoms with Crippen molar-refractivity contribution in [3.63, 3.8) is 0 Å². The molecule has 0 bridgehead atoms. The Balaban J connectivity index is 1.67. The molecule has 3 N–H and O–H groups in total. The molecule has 0 aliphatic heterocycles. The second-order valence-electron chi connectivity index (χ2n) is 9.59. The molecule has 0 spiro atoms. The lowest BCUT2D eigenvalue weighted by molar-refractivity contribution is -0.144. The molecular formula is C27H32N2O5. The van der Waals surface area contributed by atoms with Gasteiger partial charge in [0.05, 0.1) is 11.0 Å². The molecule has 7 nitrogen and oxygen atoms in total. The lowest BCUT2D eigenvalue weighted by atomic mass is 9.73. The molecule has 0 aromatic heterocycles. The van der Waals surface area contributed by atoms with E-state index in [2.05, 4.69) is 29.3 Å². The molecule has 0 heterocycles. The van der Waals surface area contributed by atoms with Gasteiger partial charge in [0.1, 0.15) is 12.6 Å². The third kappa shape index (κ3) is 4.83. The first kappa shape index (κ1) is 25.0. The summed E-state index contributed by atoms with van der Waals surface area (Å²) in [7, 11) is 0. The number of carbonyl (C=O) groups is 3. The largest absolute Gasteiger partial charge is 0.480 e. The molecule has 0 radical (unpaired) electrons. The van der Waals surface area contributed by atoms with Crippen LogP contribution in [0.5, 0.6) is 0 Å². The fourth-order valence-corrected chi connectivity index (χ4v) is 4.06. The minimum atomic E-state index is -1.15. The van der Waals surface area contributed by atoms with Gasteiger partial charge in [0.2, 0.25) is 5.91 Å². The van der Waals surface area contributed by atoms with Crippen LogP contribution in [0.1, 0.15) is 51.2 Å². The van der Waals surface area contributed by atoms with E-state index < -0.39 is 35.0 Å². The van der Waals surface area contributed by atoms with Gasteiger partial charge in [-0.1, -0.05) is 54.6 Å². The number of benzene rings is 2. The average Bonchev–Trinajstić information content (AvgIpc) is 3.10. The van der Waals surface area contributed by atoms with Crippen LogP contribution in [0.2, 0.25) is 0 Å². The predicted octanol–water partition coefficient (Wildman–Crippen LogP) is 4.48. The first-order valence-electron chi connectivity index (χ1n) is 11.3. The maximum Gasteiger partial charge on any atom is 0.407 e. The molecule has 2 aromatic carbocycles. The lowest BCUT2D eigenvalue weighted by Gasteiger charge is -2.40. The Morgan fingerprint density at radius 2 is 1.56 bits per heavy atom. The predicted molar refractivity (Wildman–Crippen MR) is 130 cm³/mol. The van der Waals surface area contributed by atoms with Gasteiger partial charge in [-0.25, -0.2) is 9.59 Å². The van der Waals surface area contributed by atoms with Crippen molar-refractivity contribution in [2.24, 2.45) is 5.41 Å². The summed E-state index contributed by atoms with van der Waals surface area (Å²) in [5, 5.41) is 14.7. The second-order valence-corrected chi connectivity index (χ2v) is 9.59. The molecule has 1 aliphatic carbocycles. The molecule has 0 saturated carbocycles. The number of amides is 2. The Bertz CT molecular complexity index is 1060. The zero-order chi connectivity index (χ0) is 25.1. The van der Waals surface area contributed by atoms with Crippen molar-refractivity contribution in [2.45, 2.75) is 51.6 Å². The second kappa shape index (κ2) is 9.71. The van der Waals surface area contributed by atoms with Gasteiger partial charge >= 0.3 is 12.1 Å². The SMILES string of the molecule is C=CCC(NC(=O)C(C)(C)C(C)(C)NC(=O)OCC1c2ccccc2-c2ccccc21)C(=O)O. The van der Waals surface area contributed by atoms with E-state index in [1.54, 1.807) is 27.7 Å². The van der Waals surface area contributed by atoms with Crippen molar-refractivity contribution < 1.29 is 24.2 Å². The highest BCUT2D eigenvalue weighted by molar-refractivity contribution is 5.88. The van der Waals surface area contributed by atoms with Crippen molar-refractivity contribution >= 4 is 18.0 Å². The first-order chi connectivity index (χ1) is 16.0. The minimum Gasteiger partial charge on any atom is -0.480 e. The third-order valence-corrected chi connectivity index (χ3v) is 6.89. The van der Waals surface area contributed by atoms with Gasteiger partial charge < -0.3 is 20.5 Å². The summed E-state index contributed by atoms with van der Waals surface area (Å²) >= 11 is 0. The van der Waals surface area contributed by atoms with E-state index in [9.17, 15) is 19.5 Å². The van der Waals surface area contributed by atoms with Crippen LogP contribution >= 0.6 is 0 Å². The number of hydrogen-bond acceptors (Lipinski definition) is 4. The van der Waals surface area contributed by atoms with Crippen molar-refractivity contribution in [2.75, 3.05) is 6.61 Å². The van der Waals surface area contributed by atoms with Crippen LogP contribution < -0.4 is 10.6 Å². The fourth-order valence-electron chi connectivity index (χ4n) is 4.06. The summed E-state index contributed by atoms with van der Waals surface area (Å²) < 4.78 is 5.62. The maximum atomic E-state index is 12.9. The average molecular weight is 465 g/mol. The number of carbonyl (C=O) groups excluding carboxylic acids is 2. The zero-order valence-electron chi connectivity index (χ0n) is 20.1. The summed E-state index contributed by atoms with van der Waals surface area (Å²) in [5.74, 6) is -1.72. The highest BCUT2D eigenvalue weighted by Crippen LogP contribution is 2.44. The Morgan fingerprint density at radius 1 is 1.03 bits per heavy atom. The Hall–Kier alpha value is -3.61. The molecule has 3 rings (SSSR count). The molecule has 2 aromatic rings. The van der Waals surface area contributed by atoms with Gasteiger partial charge in [0.25, 0.3) is 0 Å². The van der Waals surface area contributed by atoms with E-state index in [1.807, 2.05) is 36.4 Å². The van der Waals surface area contributed by atoms with E-state index >= 15 is 0 Å². The summed E-state index contributed by atoms with van der Waals surface area (Å²) in [6.07, 6.45) is 0.886. The summed E-state index contributed by atoms with van der Waals surface area (Å²) in [4.78, 5) is 37.1. The Kier molecular flexibility index (Phi) is 7.15. The van der Waals surface area contributed by atoms with Crippen molar-refractivity contribution in [1.82, 2.24) is 10.6 Å². The van der Waals surface area contributed by atoms with Crippen molar-refractivity contribution in [1.29, 1.82) is 0 Å². The normalized spacial score (nSPS) is 13.9. The van der Waals surface area contributed by atoms with Crippen LogP contribution in [0, 0.1) is 5.41 Å². The molecule has 1 unspecified atom stereocenters. The fraction of sp³-hybridized carbons (Fsp3) is 0.370. The van der Waals surface area contributed by atoms with E-state index in [0.29, 0.717) is 0 Å². The number of aliphatic carboxylic acids is 1. The number of fused-ring (bicyclic) bond motifs is 3.